The molecular formula is C20H20N2O5S. The third kappa shape index (κ3) is 5.21. The molecule has 146 valence electrons. The van der Waals surface area contributed by atoms with Crippen LogP contribution in [0.2, 0.25) is 0 Å². The van der Waals surface area contributed by atoms with E-state index in [9.17, 15) is 13.2 Å². The average Bonchev–Trinajstić information content (AvgIpc) is 3.21. The number of sulfonamides is 1. The monoisotopic (exact) mass is 400 g/mol. The van der Waals surface area contributed by atoms with E-state index < -0.39 is 10.0 Å². The van der Waals surface area contributed by atoms with Crippen molar-refractivity contribution in [3.8, 4) is 5.75 Å². The Labute approximate surface area is 163 Å². The first-order valence-corrected chi connectivity index (χ1v) is 9.99. The number of ether oxygens (including phenoxy) is 1. The maximum Gasteiger partial charge on any atom is 0.241 e. The molecule has 0 aliphatic carbocycles. The van der Waals surface area contributed by atoms with E-state index in [0.717, 1.165) is 5.56 Å². The molecule has 2 aromatic carbocycles. The fourth-order valence-electron chi connectivity index (χ4n) is 2.54. The van der Waals surface area contributed by atoms with Crippen molar-refractivity contribution in [3.05, 3.63) is 78.3 Å². The lowest BCUT2D eigenvalue weighted by Gasteiger charge is -2.09. The number of anilines is 1. The zero-order valence-electron chi connectivity index (χ0n) is 15.2. The smallest absolute Gasteiger partial charge is 0.241 e. The molecule has 0 fully saturated rings. The van der Waals surface area contributed by atoms with E-state index >= 15 is 0 Å². The Balaban J connectivity index is 1.64. The lowest BCUT2D eigenvalue weighted by atomic mass is 10.1. The van der Waals surface area contributed by atoms with Crippen LogP contribution in [0.4, 0.5) is 5.69 Å². The third-order valence-corrected chi connectivity index (χ3v) is 5.37. The van der Waals surface area contributed by atoms with Gasteiger partial charge in [-0.15, -0.1) is 0 Å². The van der Waals surface area contributed by atoms with Crippen LogP contribution in [0, 0.1) is 0 Å². The minimum absolute atomic E-state index is 0.0450. The summed E-state index contributed by atoms with van der Waals surface area (Å²) in [6, 6.07) is 16.6. The Bertz CT molecular complexity index is 1030. The summed E-state index contributed by atoms with van der Waals surface area (Å²) in [5.74, 6) is 0.972. The molecule has 0 radical (unpaired) electrons. The molecular weight excluding hydrogens is 380 g/mol. The quantitative estimate of drug-likeness (QED) is 0.606. The van der Waals surface area contributed by atoms with Gasteiger partial charge in [0.05, 0.1) is 31.2 Å². The molecule has 2 N–H and O–H groups in total. The number of furan rings is 1. The van der Waals surface area contributed by atoms with Gasteiger partial charge in [0.15, 0.2) is 0 Å². The van der Waals surface area contributed by atoms with Gasteiger partial charge in [-0.1, -0.05) is 18.2 Å². The molecule has 28 heavy (non-hydrogen) atoms. The van der Waals surface area contributed by atoms with Crippen LogP contribution in [-0.4, -0.2) is 21.4 Å². The lowest BCUT2D eigenvalue weighted by Crippen LogP contribution is -2.23. The van der Waals surface area contributed by atoms with Crippen LogP contribution in [-0.2, 0) is 27.8 Å². The summed E-state index contributed by atoms with van der Waals surface area (Å²) in [7, 11) is -2.16. The van der Waals surface area contributed by atoms with Crippen LogP contribution in [0.15, 0.2) is 76.2 Å². The maximum absolute atomic E-state index is 12.4. The number of nitrogens with one attached hydrogen (secondary N) is 2. The molecule has 1 aromatic heterocycles. The fraction of sp³-hybridized carbons (Fsp3) is 0.150. The zero-order valence-corrected chi connectivity index (χ0v) is 16.0. The van der Waals surface area contributed by atoms with Crippen LogP contribution in [0.1, 0.15) is 11.3 Å². The van der Waals surface area contributed by atoms with Crippen molar-refractivity contribution in [2.24, 2.45) is 0 Å². The van der Waals surface area contributed by atoms with Gasteiger partial charge in [-0.25, -0.2) is 13.1 Å². The Hall–Kier alpha value is -3.10. The van der Waals surface area contributed by atoms with Crippen molar-refractivity contribution in [1.82, 2.24) is 4.72 Å². The summed E-state index contributed by atoms with van der Waals surface area (Å²) in [4.78, 5) is 12.3. The molecule has 0 unspecified atom stereocenters. The molecule has 1 amide bonds. The van der Waals surface area contributed by atoms with Crippen molar-refractivity contribution in [2.75, 3.05) is 12.4 Å². The van der Waals surface area contributed by atoms with Gasteiger partial charge in [0.25, 0.3) is 0 Å². The lowest BCUT2D eigenvalue weighted by molar-refractivity contribution is -0.115. The van der Waals surface area contributed by atoms with Crippen LogP contribution in [0.5, 0.6) is 5.75 Å². The highest BCUT2D eigenvalue weighted by molar-refractivity contribution is 7.89. The van der Waals surface area contributed by atoms with E-state index in [-0.39, 0.29) is 23.8 Å². The van der Waals surface area contributed by atoms with Gasteiger partial charge in [-0.2, -0.15) is 0 Å². The second kappa shape index (κ2) is 8.73. The van der Waals surface area contributed by atoms with E-state index in [0.29, 0.717) is 17.2 Å². The van der Waals surface area contributed by atoms with Crippen LogP contribution in [0.25, 0.3) is 0 Å². The third-order valence-electron chi connectivity index (χ3n) is 3.97. The second-order valence-electron chi connectivity index (χ2n) is 6.00. The maximum atomic E-state index is 12.4. The van der Waals surface area contributed by atoms with Gasteiger partial charge >= 0.3 is 0 Å². The molecule has 0 saturated carbocycles. The van der Waals surface area contributed by atoms with E-state index in [4.69, 9.17) is 9.15 Å². The minimum Gasteiger partial charge on any atom is -0.497 e. The highest BCUT2D eigenvalue weighted by atomic mass is 32.2. The summed E-state index contributed by atoms with van der Waals surface area (Å²) in [5, 5.41) is 2.72. The summed E-state index contributed by atoms with van der Waals surface area (Å²) in [5.41, 5.74) is 1.22. The SMILES string of the molecule is COc1ccc(CC(=O)Nc2cccc(S(=O)(=O)NCc3ccco3)c2)cc1. The summed E-state index contributed by atoms with van der Waals surface area (Å²) in [6.07, 6.45) is 1.64. The Morgan fingerprint density at radius 1 is 1.07 bits per heavy atom. The van der Waals surface area contributed by atoms with E-state index in [1.807, 2.05) is 0 Å². The zero-order chi connectivity index (χ0) is 20.0. The first-order chi connectivity index (χ1) is 13.5. The molecule has 0 saturated heterocycles. The first-order valence-electron chi connectivity index (χ1n) is 8.51. The van der Waals surface area contributed by atoms with Crippen molar-refractivity contribution in [2.45, 2.75) is 17.9 Å². The van der Waals surface area contributed by atoms with Crippen molar-refractivity contribution in [3.63, 3.8) is 0 Å². The average molecular weight is 400 g/mol. The molecule has 0 spiro atoms. The van der Waals surface area contributed by atoms with Crippen molar-refractivity contribution >= 4 is 21.6 Å². The number of hydrogen-bond acceptors (Lipinski definition) is 5. The number of benzene rings is 2. The Morgan fingerprint density at radius 3 is 2.54 bits per heavy atom. The van der Waals surface area contributed by atoms with E-state index in [1.165, 1.54) is 18.4 Å². The van der Waals surface area contributed by atoms with E-state index in [1.54, 1.807) is 55.6 Å². The van der Waals surface area contributed by atoms with Crippen molar-refractivity contribution in [1.29, 1.82) is 0 Å². The molecule has 0 bridgehead atoms. The van der Waals surface area contributed by atoms with Crippen LogP contribution >= 0.6 is 0 Å². The number of carbonyl (C=O) groups excluding carboxylic acids is 1. The van der Waals surface area contributed by atoms with Gasteiger partial charge in [0.1, 0.15) is 11.5 Å². The largest absolute Gasteiger partial charge is 0.497 e. The summed E-state index contributed by atoms with van der Waals surface area (Å²) < 4.78 is 37.6. The first kappa shape index (κ1) is 19.7. The number of amides is 1. The minimum atomic E-state index is -3.74. The van der Waals surface area contributed by atoms with Gasteiger partial charge in [0.2, 0.25) is 15.9 Å². The summed E-state index contributed by atoms with van der Waals surface area (Å²) >= 11 is 0. The normalized spacial score (nSPS) is 11.2. The Kier molecular flexibility index (Phi) is 6.13. The fourth-order valence-corrected chi connectivity index (χ4v) is 3.58. The van der Waals surface area contributed by atoms with Gasteiger partial charge in [-0.3, -0.25) is 4.79 Å². The molecule has 0 atom stereocenters. The standard InChI is InChI=1S/C20H20N2O5S/c1-26-17-9-7-15(8-10-17)12-20(23)22-16-4-2-6-19(13-16)28(24,25)21-14-18-5-3-11-27-18/h2-11,13,21H,12,14H2,1H3,(H,22,23). The molecule has 7 nitrogen and oxygen atoms in total. The number of rotatable bonds is 8. The highest BCUT2D eigenvalue weighted by Gasteiger charge is 2.15. The topological polar surface area (TPSA) is 97.6 Å². The number of hydrogen-bond donors (Lipinski definition) is 2. The van der Waals surface area contributed by atoms with Gasteiger partial charge < -0.3 is 14.5 Å². The second-order valence-corrected chi connectivity index (χ2v) is 7.77. The van der Waals surface area contributed by atoms with Gasteiger partial charge in [0, 0.05) is 5.69 Å². The predicted octanol–water partition coefficient (Wildman–Crippen LogP) is 2.95. The molecule has 8 heteroatoms. The molecule has 3 rings (SSSR count). The Morgan fingerprint density at radius 2 is 1.86 bits per heavy atom. The van der Waals surface area contributed by atoms with Crippen molar-refractivity contribution < 1.29 is 22.4 Å². The van der Waals surface area contributed by atoms with Crippen LogP contribution in [0.3, 0.4) is 0 Å². The summed E-state index contributed by atoms with van der Waals surface area (Å²) in [6.45, 7) is 0.0450. The highest BCUT2D eigenvalue weighted by Crippen LogP contribution is 2.17. The molecule has 1 heterocycles. The van der Waals surface area contributed by atoms with Gasteiger partial charge in [-0.05, 0) is 48.0 Å². The molecule has 0 aliphatic rings. The number of methoxy groups -OCH3 is 1. The molecule has 0 aliphatic heterocycles. The molecule has 3 aromatic rings. The van der Waals surface area contributed by atoms with Crippen LogP contribution < -0.4 is 14.8 Å². The van der Waals surface area contributed by atoms with E-state index in [2.05, 4.69) is 10.0 Å². The predicted molar refractivity (Wildman–Crippen MR) is 105 cm³/mol. The number of carbonyl (C=O) groups is 1.